The van der Waals surface area contributed by atoms with Crippen LogP contribution in [-0.2, 0) is 4.79 Å². The third kappa shape index (κ3) is 3.91. The first-order valence-corrected chi connectivity index (χ1v) is 8.03. The number of hydrogen-bond acceptors (Lipinski definition) is 2. The molecule has 0 radical (unpaired) electrons. The lowest BCUT2D eigenvalue weighted by molar-refractivity contribution is -0.127. The van der Waals surface area contributed by atoms with Gasteiger partial charge in [0.2, 0.25) is 5.91 Å². The predicted molar refractivity (Wildman–Crippen MR) is 86.8 cm³/mol. The maximum Gasteiger partial charge on any atom is 0.387 e. The summed E-state index contributed by atoms with van der Waals surface area (Å²) in [5.41, 5.74) is 1.78. The minimum Gasteiger partial charge on any atom is -0.435 e. The zero-order chi connectivity index (χ0) is 16.9. The second-order valence-corrected chi connectivity index (χ2v) is 5.93. The average Bonchev–Trinajstić information content (AvgIpc) is 2.52. The number of amides is 1. The van der Waals surface area contributed by atoms with Crippen LogP contribution in [0.1, 0.15) is 36.4 Å². The Labute approximate surface area is 139 Å². The average molecular weight is 331 g/mol. The van der Waals surface area contributed by atoms with Crippen LogP contribution in [0.3, 0.4) is 0 Å². The third-order valence-corrected chi connectivity index (χ3v) is 4.33. The van der Waals surface area contributed by atoms with Gasteiger partial charge in [-0.2, -0.15) is 8.78 Å². The summed E-state index contributed by atoms with van der Waals surface area (Å²) in [6.07, 6.45) is 2.94. The molecule has 0 saturated heterocycles. The second-order valence-electron chi connectivity index (χ2n) is 5.93. The van der Waals surface area contributed by atoms with Crippen molar-refractivity contribution in [3.8, 4) is 5.75 Å². The Kier molecular flexibility index (Phi) is 5.08. The molecular weight excluding hydrogens is 312 g/mol. The number of carbonyl (C=O) groups is 1. The third-order valence-electron chi connectivity index (χ3n) is 4.33. The molecule has 2 aromatic carbocycles. The van der Waals surface area contributed by atoms with Crippen molar-refractivity contribution >= 4 is 5.91 Å². The van der Waals surface area contributed by atoms with Crippen molar-refractivity contribution in [3.05, 3.63) is 65.7 Å². The van der Waals surface area contributed by atoms with Gasteiger partial charge in [0, 0.05) is 5.92 Å². The fourth-order valence-electron chi connectivity index (χ4n) is 2.78. The zero-order valence-electron chi connectivity index (χ0n) is 13.1. The molecule has 24 heavy (non-hydrogen) atoms. The lowest BCUT2D eigenvalue weighted by Crippen LogP contribution is -2.37. The molecule has 3 rings (SSSR count). The van der Waals surface area contributed by atoms with Gasteiger partial charge in [-0.25, -0.2) is 0 Å². The highest BCUT2D eigenvalue weighted by Crippen LogP contribution is 2.29. The number of ether oxygens (including phenoxy) is 1. The van der Waals surface area contributed by atoms with Crippen LogP contribution in [0.4, 0.5) is 8.78 Å². The Morgan fingerprint density at radius 1 is 1.00 bits per heavy atom. The Morgan fingerprint density at radius 2 is 1.62 bits per heavy atom. The smallest absolute Gasteiger partial charge is 0.387 e. The number of benzene rings is 2. The van der Waals surface area contributed by atoms with Crippen molar-refractivity contribution in [1.29, 1.82) is 0 Å². The molecule has 0 aromatic heterocycles. The van der Waals surface area contributed by atoms with Crippen molar-refractivity contribution in [2.24, 2.45) is 5.92 Å². The standard InChI is InChI=1S/C19H19F2NO2/c20-19(21)24-16-11-9-14(10-12-16)17(13-5-2-1-3-6-13)22-18(23)15-7-4-8-15/h1-3,5-6,9-12,15,17,19H,4,7-8H2,(H,22,23)/t17-/m1/s1. The number of nitrogens with one attached hydrogen (secondary N) is 1. The lowest BCUT2D eigenvalue weighted by Gasteiger charge is -2.28. The number of carbonyl (C=O) groups excluding carboxylic acids is 1. The van der Waals surface area contributed by atoms with E-state index in [9.17, 15) is 13.6 Å². The SMILES string of the molecule is O=C(N[C@H](c1ccccc1)c1ccc(OC(F)F)cc1)C1CCC1. The van der Waals surface area contributed by atoms with Gasteiger partial charge in [-0.05, 0) is 36.1 Å². The molecule has 0 unspecified atom stereocenters. The van der Waals surface area contributed by atoms with Crippen molar-refractivity contribution < 1.29 is 18.3 Å². The zero-order valence-corrected chi connectivity index (χ0v) is 13.1. The van der Waals surface area contributed by atoms with E-state index in [2.05, 4.69) is 10.1 Å². The Bertz CT molecular complexity index is 670. The molecule has 0 heterocycles. The molecule has 2 aromatic rings. The van der Waals surface area contributed by atoms with Gasteiger partial charge in [0.05, 0.1) is 6.04 Å². The maximum atomic E-state index is 12.4. The van der Waals surface area contributed by atoms with Gasteiger partial charge >= 0.3 is 6.61 Å². The Balaban J connectivity index is 1.82. The van der Waals surface area contributed by atoms with Crippen molar-refractivity contribution in [2.75, 3.05) is 0 Å². The number of alkyl halides is 2. The van der Waals surface area contributed by atoms with Crippen molar-refractivity contribution in [3.63, 3.8) is 0 Å². The lowest BCUT2D eigenvalue weighted by atomic mass is 9.84. The van der Waals surface area contributed by atoms with E-state index in [1.165, 1.54) is 12.1 Å². The summed E-state index contributed by atoms with van der Waals surface area (Å²) < 4.78 is 28.9. The highest BCUT2D eigenvalue weighted by Gasteiger charge is 2.27. The van der Waals surface area contributed by atoms with Crippen LogP contribution >= 0.6 is 0 Å². The maximum absolute atomic E-state index is 12.4. The molecule has 1 N–H and O–H groups in total. The molecule has 126 valence electrons. The highest BCUT2D eigenvalue weighted by molar-refractivity contribution is 5.80. The molecule has 3 nitrogen and oxygen atoms in total. The topological polar surface area (TPSA) is 38.3 Å². The van der Waals surface area contributed by atoms with Crippen LogP contribution in [0.25, 0.3) is 0 Å². The summed E-state index contributed by atoms with van der Waals surface area (Å²) in [6.45, 7) is -2.85. The van der Waals surface area contributed by atoms with Gasteiger partial charge in [0.1, 0.15) is 5.75 Å². The summed E-state index contributed by atoms with van der Waals surface area (Å²) in [5.74, 6) is 0.228. The molecule has 0 bridgehead atoms. The fourth-order valence-corrected chi connectivity index (χ4v) is 2.78. The van der Waals surface area contributed by atoms with Crippen molar-refractivity contribution in [1.82, 2.24) is 5.32 Å². The van der Waals surface area contributed by atoms with Crippen LogP contribution in [0, 0.1) is 5.92 Å². The van der Waals surface area contributed by atoms with Crippen molar-refractivity contribution in [2.45, 2.75) is 31.9 Å². The van der Waals surface area contributed by atoms with Gasteiger partial charge < -0.3 is 10.1 Å². The van der Waals surface area contributed by atoms with Gasteiger partial charge in [-0.1, -0.05) is 48.9 Å². The first-order chi connectivity index (χ1) is 11.6. The molecule has 1 aliphatic carbocycles. The second kappa shape index (κ2) is 7.43. The van der Waals surface area contributed by atoms with Gasteiger partial charge in [-0.3, -0.25) is 4.79 Å². The Hall–Kier alpha value is -2.43. The minimum absolute atomic E-state index is 0.0445. The fraction of sp³-hybridized carbons (Fsp3) is 0.316. The molecule has 0 spiro atoms. The molecule has 5 heteroatoms. The quantitative estimate of drug-likeness (QED) is 0.857. The van der Waals surface area contributed by atoms with E-state index in [0.29, 0.717) is 0 Å². The van der Waals surface area contributed by atoms with Gasteiger partial charge in [0.25, 0.3) is 0 Å². The number of halogens is 2. The summed E-state index contributed by atoms with van der Waals surface area (Å²) in [6, 6.07) is 15.7. The molecular formula is C19H19F2NO2. The molecule has 1 amide bonds. The molecule has 1 fully saturated rings. The van der Waals surface area contributed by atoms with Crippen LogP contribution < -0.4 is 10.1 Å². The van der Waals surface area contributed by atoms with E-state index in [-0.39, 0.29) is 23.6 Å². The monoisotopic (exact) mass is 331 g/mol. The van der Waals surface area contributed by atoms with E-state index >= 15 is 0 Å². The summed E-state index contributed by atoms with van der Waals surface area (Å²) in [4.78, 5) is 12.4. The van der Waals surface area contributed by atoms with Crippen LogP contribution in [0.5, 0.6) is 5.75 Å². The molecule has 1 saturated carbocycles. The molecule has 0 aliphatic heterocycles. The normalized spacial score (nSPS) is 15.6. The predicted octanol–water partition coefficient (Wildman–Crippen LogP) is 4.29. The van der Waals surface area contributed by atoms with E-state index in [1.54, 1.807) is 12.1 Å². The summed E-state index contributed by atoms with van der Waals surface area (Å²) in [5, 5.41) is 3.08. The number of hydrogen-bond donors (Lipinski definition) is 1. The van der Waals surface area contributed by atoms with E-state index in [1.807, 2.05) is 30.3 Å². The highest BCUT2D eigenvalue weighted by atomic mass is 19.3. The first kappa shape index (κ1) is 16.4. The van der Waals surface area contributed by atoms with Crippen LogP contribution in [0.15, 0.2) is 54.6 Å². The number of rotatable bonds is 6. The van der Waals surface area contributed by atoms with Gasteiger partial charge in [0.15, 0.2) is 0 Å². The van der Waals surface area contributed by atoms with Crippen LogP contribution in [0.2, 0.25) is 0 Å². The van der Waals surface area contributed by atoms with E-state index < -0.39 is 6.61 Å². The van der Waals surface area contributed by atoms with E-state index in [4.69, 9.17) is 0 Å². The summed E-state index contributed by atoms with van der Waals surface area (Å²) >= 11 is 0. The molecule has 1 atom stereocenters. The van der Waals surface area contributed by atoms with Crippen LogP contribution in [-0.4, -0.2) is 12.5 Å². The first-order valence-electron chi connectivity index (χ1n) is 8.03. The summed E-state index contributed by atoms with van der Waals surface area (Å²) in [7, 11) is 0. The van der Waals surface area contributed by atoms with Gasteiger partial charge in [-0.15, -0.1) is 0 Å². The largest absolute Gasteiger partial charge is 0.435 e. The Morgan fingerprint density at radius 3 is 2.17 bits per heavy atom. The van der Waals surface area contributed by atoms with E-state index in [0.717, 1.165) is 30.4 Å². The molecule has 1 aliphatic rings. The minimum atomic E-state index is -2.85.